The van der Waals surface area contributed by atoms with Crippen LogP contribution in [0.4, 0.5) is 17.1 Å². The Bertz CT molecular complexity index is 1850. The molecule has 0 saturated carbocycles. The molecule has 9 nitrogen and oxygen atoms in total. The molecule has 0 aromatic heterocycles. The number of carboxylic acid groups (broad SMARTS) is 1. The summed E-state index contributed by atoms with van der Waals surface area (Å²) in [6, 6.07) is 30.4. The van der Waals surface area contributed by atoms with Crippen LogP contribution in [0.15, 0.2) is 114 Å². The Morgan fingerprint density at radius 3 is 2.12 bits per heavy atom. The van der Waals surface area contributed by atoms with Crippen molar-refractivity contribution in [1.82, 2.24) is 0 Å². The molecule has 5 rings (SSSR count). The molecule has 5 aromatic rings. The van der Waals surface area contributed by atoms with Gasteiger partial charge in [0.15, 0.2) is 0 Å². The SMILES string of the molecule is Cc1cc([N+](=O)[O-])ccc1NC(=O)C(Sc1ccc(NC(=O)c2cccc3cccc(C(=O)O)c23)cc1)c1ccccc1. The lowest BCUT2D eigenvalue weighted by atomic mass is 9.98. The van der Waals surface area contributed by atoms with Gasteiger partial charge in [0.05, 0.1) is 10.5 Å². The number of thioether (sulfide) groups is 1. The average molecular weight is 592 g/mol. The van der Waals surface area contributed by atoms with Crippen LogP contribution in [0.5, 0.6) is 0 Å². The van der Waals surface area contributed by atoms with Gasteiger partial charge in [-0.15, -0.1) is 11.8 Å². The van der Waals surface area contributed by atoms with E-state index >= 15 is 0 Å². The molecule has 0 aliphatic rings. The van der Waals surface area contributed by atoms with Crippen LogP contribution in [-0.2, 0) is 4.79 Å². The molecule has 10 heteroatoms. The van der Waals surface area contributed by atoms with Crippen LogP contribution in [0.2, 0.25) is 0 Å². The fourth-order valence-corrected chi connectivity index (χ4v) is 5.69. The number of rotatable bonds is 9. The Morgan fingerprint density at radius 2 is 1.49 bits per heavy atom. The number of carboxylic acids is 1. The Kier molecular flexibility index (Phi) is 8.49. The average Bonchev–Trinajstić information content (AvgIpc) is 3.01. The summed E-state index contributed by atoms with van der Waals surface area (Å²) in [7, 11) is 0. The third-order valence-electron chi connectivity index (χ3n) is 6.76. The van der Waals surface area contributed by atoms with E-state index in [9.17, 15) is 29.6 Å². The van der Waals surface area contributed by atoms with Gasteiger partial charge in [-0.1, -0.05) is 54.6 Å². The monoisotopic (exact) mass is 591 g/mol. The second-order valence-electron chi connectivity index (χ2n) is 9.65. The summed E-state index contributed by atoms with van der Waals surface area (Å²) in [5.74, 6) is -1.86. The summed E-state index contributed by atoms with van der Waals surface area (Å²) in [5.41, 5.74) is 2.56. The number of benzene rings is 5. The molecule has 0 bridgehead atoms. The van der Waals surface area contributed by atoms with E-state index in [0.717, 1.165) is 10.5 Å². The lowest BCUT2D eigenvalue weighted by molar-refractivity contribution is -0.384. The molecular formula is C33H25N3O6S. The minimum Gasteiger partial charge on any atom is -0.478 e. The number of nitro benzene ring substituents is 1. The molecule has 43 heavy (non-hydrogen) atoms. The smallest absolute Gasteiger partial charge is 0.336 e. The lowest BCUT2D eigenvalue weighted by Gasteiger charge is -2.18. The maximum absolute atomic E-state index is 13.5. The molecule has 0 aliphatic heterocycles. The fraction of sp³-hybridized carbons (Fsp3) is 0.0606. The van der Waals surface area contributed by atoms with Gasteiger partial charge in [0.1, 0.15) is 5.25 Å². The van der Waals surface area contributed by atoms with E-state index in [1.807, 2.05) is 30.3 Å². The van der Waals surface area contributed by atoms with Crippen molar-refractivity contribution in [1.29, 1.82) is 0 Å². The van der Waals surface area contributed by atoms with Crippen molar-refractivity contribution in [3.05, 3.63) is 142 Å². The van der Waals surface area contributed by atoms with Gasteiger partial charge in [-0.05, 0) is 65.9 Å². The Morgan fingerprint density at radius 1 is 0.814 bits per heavy atom. The number of amides is 2. The Hall–Kier alpha value is -5.48. The van der Waals surface area contributed by atoms with Crippen molar-refractivity contribution in [2.75, 3.05) is 10.6 Å². The van der Waals surface area contributed by atoms with Gasteiger partial charge in [-0.25, -0.2) is 4.79 Å². The van der Waals surface area contributed by atoms with Crippen LogP contribution in [0.25, 0.3) is 10.8 Å². The Balaban J connectivity index is 1.35. The number of non-ortho nitro benzene ring substituents is 1. The molecular weight excluding hydrogens is 566 g/mol. The van der Waals surface area contributed by atoms with Gasteiger partial charge in [-0.3, -0.25) is 19.7 Å². The molecule has 0 spiro atoms. The van der Waals surface area contributed by atoms with Crippen molar-refractivity contribution in [2.24, 2.45) is 0 Å². The molecule has 1 atom stereocenters. The maximum Gasteiger partial charge on any atom is 0.336 e. The van der Waals surface area contributed by atoms with Gasteiger partial charge < -0.3 is 15.7 Å². The van der Waals surface area contributed by atoms with Crippen molar-refractivity contribution in [2.45, 2.75) is 17.1 Å². The van der Waals surface area contributed by atoms with E-state index in [-0.39, 0.29) is 22.7 Å². The third-order valence-corrected chi connectivity index (χ3v) is 8.03. The first-order valence-corrected chi connectivity index (χ1v) is 14.0. The molecule has 5 aromatic carbocycles. The number of nitro groups is 1. The van der Waals surface area contributed by atoms with E-state index < -0.39 is 22.0 Å². The molecule has 0 saturated heterocycles. The summed E-state index contributed by atoms with van der Waals surface area (Å²) in [6.07, 6.45) is 0. The highest BCUT2D eigenvalue weighted by Crippen LogP contribution is 2.37. The highest BCUT2D eigenvalue weighted by molar-refractivity contribution is 8.00. The number of aryl methyl sites for hydroxylation is 1. The van der Waals surface area contributed by atoms with E-state index in [1.54, 1.807) is 61.5 Å². The van der Waals surface area contributed by atoms with Crippen LogP contribution in [0.3, 0.4) is 0 Å². The minimum absolute atomic E-state index is 0.0455. The van der Waals surface area contributed by atoms with E-state index in [4.69, 9.17) is 0 Å². The normalized spacial score (nSPS) is 11.5. The minimum atomic E-state index is -1.12. The van der Waals surface area contributed by atoms with Crippen LogP contribution >= 0.6 is 11.8 Å². The van der Waals surface area contributed by atoms with Crippen molar-refractivity contribution >= 4 is 57.4 Å². The number of nitrogens with one attached hydrogen (secondary N) is 2. The Labute approximate surface area is 250 Å². The highest BCUT2D eigenvalue weighted by atomic mass is 32.2. The van der Waals surface area contributed by atoms with Gasteiger partial charge in [-0.2, -0.15) is 0 Å². The topological polar surface area (TPSA) is 139 Å². The van der Waals surface area contributed by atoms with Crippen molar-refractivity contribution < 1.29 is 24.4 Å². The van der Waals surface area contributed by atoms with Crippen LogP contribution < -0.4 is 10.6 Å². The summed E-state index contributed by atoms with van der Waals surface area (Å²) < 4.78 is 0. The van der Waals surface area contributed by atoms with E-state index in [2.05, 4.69) is 10.6 Å². The predicted molar refractivity (Wildman–Crippen MR) is 167 cm³/mol. The number of anilines is 2. The van der Waals surface area contributed by atoms with Crippen molar-refractivity contribution in [3.8, 4) is 0 Å². The maximum atomic E-state index is 13.5. The number of hydrogen-bond donors (Lipinski definition) is 3. The first kappa shape index (κ1) is 29.0. The van der Waals surface area contributed by atoms with Crippen LogP contribution in [0.1, 0.15) is 37.1 Å². The van der Waals surface area contributed by atoms with E-state index in [0.29, 0.717) is 27.7 Å². The summed E-state index contributed by atoms with van der Waals surface area (Å²) in [5, 5.41) is 26.8. The zero-order valence-electron chi connectivity index (χ0n) is 22.8. The largest absolute Gasteiger partial charge is 0.478 e. The van der Waals surface area contributed by atoms with Crippen molar-refractivity contribution in [3.63, 3.8) is 0 Å². The van der Waals surface area contributed by atoms with Gasteiger partial charge in [0, 0.05) is 39.4 Å². The van der Waals surface area contributed by atoms with E-state index in [1.165, 1.54) is 36.0 Å². The number of fused-ring (bicyclic) bond motifs is 1. The number of hydrogen-bond acceptors (Lipinski definition) is 6. The molecule has 2 amide bonds. The molecule has 214 valence electrons. The quantitative estimate of drug-likeness (QED) is 0.0917. The summed E-state index contributed by atoms with van der Waals surface area (Å²) in [6.45, 7) is 1.70. The molecule has 3 N–H and O–H groups in total. The summed E-state index contributed by atoms with van der Waals surface area (Å²) >= 11 is 1.32. The third kappa shape index (κ3) is 6.55. The zero-order valence-corrected chi connectivity index (χ0v) is 23.6. The highest BCUT2D eigenvalue weighted by Gasteiger charge is 2.23. The first-order chi connectivity index (χ1) is 20.7. The van der Waals surface area contributed by atoms with Gasteiger partial charge in [0.2, 0.25) is 5.91 Å². The molecule has 0 heterocycles. The van der Waals surface area contributed by atoms with Gasteiger partial charge >= 0.3 is 5.97 Å². The number of nitrogens with zero attached hydrogens (tertiary/aromatic N) is 1. The van der Waals surface area contributed by atoms with Crippen LogP contribution in [-0.4, -0.2) is 27.8 Å². The number of carbonyl (C=O) groups is 3. The fourth-order valence-electron chi connectivity index (χ4n) is 4.66. The molecule has 0 fully saturated rings. The number of aromatic carboxylic acids is 1. The second-order valence-corrected chi connectivity index (χ2v) is 10.8. The number of carbonyl (C=O) groups excluding carboxylic acids is 2. The first-order valence-electron chi connectivity index (χ1n) is 13.2. The molecule has 0 aliphatic carbocycles. The predicted octanol–water partition coefficient (Wildman–Crippen LogP) is 7.48. The standard InChI is InChI=1S/C33H25N3O6S/c1-20-19-24(36(41)42)15-18-28(20)35-32(38)30(22-7-3-2-4-8-22)43-25-16-13-23(14-17-25)34-31(37)26-11-5-9-21-10-6-12-27(29(21)26)33(39)40/h2-19,30H,1H3,(H,34,37)(H,35,38)(H,39,40). The molecule has 0 radical (unpaired) electrons. The molecule has 1 unspecified atom stereocenters. The lowest BCUT2D eigenvalue weighted by Crippen LogP contribution is -2.19. The van der Waals surface area contributed by atoms with Gasteiger partial charge in [0.25, 0.3) is 11.6 Å². The second kappa shape index (κ2) is 12.6. The van der Waals surface area contributed by atoms with Crippen LogP contribution in [0, 0.1) is 17.0 Å². The zero-order chi connectivity index (χ0) is 30.5. The summed E-state index contributed by atoms with van der Waals surface area (Å²) in [4.78, 5) is 49.8.